The summed E-state index contributed by atoms with van der Waals surface area (Å²) in [5.41, 5.74) is 3.32. The zero-order chi connectivity index (χ0) is 27.1. The highest BCUT2D eigenvalue weighted by atomic mass is 19.1. The molecule has 1 aromatic carbocycles. The number of carbonyl (C=O) groups is 1. The first-order valence-corrected chi connectivity index (χ1v) is 13.1. The molecular formula is C31H53FN2O2. The van der Waals surface area contributed by atoms with Crippen LogP contribution in [0.3, 0.4) is 0 Å². The molecule has 4 nitrogen and oxygen atoms in total. The van der Waals surface area contributed by atoms with E-state index in [1.807, 2.05) is 69.9 Å². The predicted molar refractivity (Wildman–Crippen MR) is 158 cm³/mol. The van der Waals surface area contributed by atoms with Crippen molar-refractivity contribution < 1.29 is 13.6 Å². The van der Waals surface area contributed by atoms with Crippen LogP contribution in [-0.4, -0.2) is 41.9 Å². The third kappa shape index (κ3) is 14.6. The van der Waals surface area contributed by atoms with Gasteiger partial charge in [0.1, 0.15) is 5.58 Å². The van der Waals surface area contributed by atoms with Crippen molar-refractivity contribution in [2.75, 3.05) is 26.2 Å². The van der Waals surface area contributed by atoms with E-state index in [1.165, 1.54) is 23.4 Å². The smallest absolute Gasteiger partial charge is 0.219 e. The molecule has 206 valence electrons. The number of allylic oxidation sites excluding steroid dienone is 4. The second-order valence-corrected chi connectivity index (χ2v) is 7.21. The second-order valence-electron chi connectivity index (χ2n) is 7.21. The van der Waals surface area contributed by atoms with E-state index in [0.717, 1.165) is 43.9 Å². The van der Waals surface area contributed by atoms with Gasteiger partial charge in [-0.1, -0.05) is 80.5 Å². The van der Waals surface area contributed by atoms with Crippen LogP contribution in [0.15, 0.2) is 71.3 Å². The average molecular weight is 505 g/mol. The van der Waals surface area contributed by atoms with E-state index in [4.69, 9.17) is 4.42 Å². The number of fused-ring (bicyclic) bond motifs is 1. The molecule has 0 atom stereocenters. The van der Waals surface area contributed by atoms with Crippen molar-refractivity contribution in [2.45, 2.75) is 82.6 Å². The van der Waals surface area contributed by atoms with Gasteiger partial charge in [-0.3, -0.25) is 4.79 Å². The monoisotopic (exact) mass is 504 g/mol. The van der Waals surface area contributed by atoms with E-state index >= 15 is 0 Å². The zero-order valence-electron chi connectivity index (χ0n) is 23.6. The van der Waals surface area contributed by atoms with Gasteiger partial charge in [0.15, 0.2) is 0 Å². The molecule has 1 aliphatic rings. The lowest BCUT2D eigenvalue weighted by atomic mass is 10.1. The molecule has 0 saturated carbocycles. The molecule has 2 heterocycles. The SMILES string of the molecule is C.CC.CC.CCC.CCc1cccc2occc12.C\C=C/C(=C\C=C/F)N1CCN(C(C)=O)CC1. The molecular weight excluding hydrogens is 451 g/mol. The van der Waals surface area contributed by atoms with Crippen LogP contribution in [0.1, 0.15) is 81.7 Å². The minimum absolute atomic E-state index is 0. The molecule has 1 aromatic heterocycles. The molecule has 0 spiro atoms. The first kappa shape index (κ1) is 37.7. The van der Waals surface area contributed by atoms with E-state index in [1.54, 1.807) is 19.3 Å². The summed E-state index contributed by atoms with van der Waals surface area (Å²) in [5.74, 6) is 0.116. The summed E-state index contributed by atoms with van der Waals surface area (Å²) in [5, 5.41) is 1.25. The molecule has 0 N–H and O–H groups in total. The van der Waals surface area contributed by atoms with Crippen LogP contribution < -0.4 is 0 Å². The Morgan fingerprint density at radius 1 is 1.00 bits per heavy atom. The molecule has 0 bridgehead atoms. The number of amides is 1. The van der Waals surface area contributed by atoms with E-state index in [9.17, 15) is 9.18 Å². The van der Waals surface area contributed by atoms with Gasteiger partial charge in [0.2, 0.25) is 5.91 Å². The standard InChI is InChI=1S/C13H19FN2O.C10H10O.C3H8.2C2H6.CH4/c1-3-5-13(6-4-7-14)16-10-8-15(9-11-16)12(2)17;1-2-8-4-3-5-10-9(8)6-7-11-10;1-3-2;2*1-2;/h3-7H,8-11H2,1-2H3;3-7H,2H2,1H3;3H2,1-2H3;2*1-2H3;1H4/b5-3-,7-4-,13-6+;;;;;. The number of aryl methyl sites for hydroxylation is 1. The minimum atomic E-state index is 0. The van der Waals surface area contributed by atoms with Crippen molar-refractivity contribution in [3.05, 3.63) is 72.4 Å². The Kier molecular flexibility index (Phi) is 26.5. The number of hydrogen-bond donors (Lipinski definition) is 0. The van der Waals surface area contributed by atoms with Crippen LogP contribution in [0.5, 0.6) is 0 Å². The molecule has 36 heavy (non-hydrogen) atoms. The highest BCUT2D eigenvalue weighted by Crippen LogP contribution is 2.19. The third-order valence-electron chi connectivity index (χ3n) is 4.73. The Balaban J connectivity index is -0.000000493. The zero-order valence-corrected chi connectivity index (χ0v) is 23.6. The first-order valence-electron chi connectivity index (χ1n) is 13.1. The summed E-state index contributed by atoms with van der Waals surface area (Å²) in [6.07, 6.45) is 11.6. The maximum atomic E-state index is 12.0. The first-order chi connectivity index (χ1) is 17.0. The van der Waals surface area contributed by atoms with Crippen molar-refractivity contribution in [3.63, 3.8) is 0 Å². The fourth-order valence-electron chi connectivity index (χ4n) is 3.22. The van der Waals surface area contributed by atoms with Gasteiger partial charge in [-0.2, -0.15) is 0 Å². The van der Waals surface area contributed by atoms with Crippen LogP contribution in [0.4, 0.5) is 4.39 Å². The van der Waals surface area contributed by atoms with Gasteiger partial charge in [0.05, 0.1) is 12.6 Å². The van der Waals surface area contributed by atoms with Crippen LogP contribution in [-0.2, 0) is 11.2 Å². The second kappa shape index (κ2) is 25.3. The summed E-state index contributed by atoms with van der Waals surface area (Å²) in [4.78, 5) is 15.2. The maximum Gasteiger partial charge on any atom is 0.219 e. The highest BCUT2D eigenvalue weighted by Gasteiger charge is 2.18. The van der Waals surface area contributed by atoms with Crippen molar-refractivity contribution in [3.8, 4) is 0 Å². The van der Waals surface area contributed by atoms with Crippen molar-refractivity contribution in [2.24, 2.45) is 0 Å². The molecule has 1 fully saturated rings. The molecule has 0 unspecified atom stereocenters. The van der Waals surface area contributed by atoms with Crippen LogP contribution >= 0.6 is 0 Å². The molecule has 1 amide bonds. The molecule has 3 rings (SSSR count). The van der Waals surface area contributed by atoms with Gasteiger partial charge < -0.3 is 14.2 Å². The quantitative estimate of drug-likeness (QED) is 0.389. The van der Waals surface area contributed by atoms with Gasteiger partial charge in [-0.15, -0.1) is 0 Å². The number of hydrogen-bond acceptors (Lipinski definition) is 3. The summed E-state index contributed by atoms with van der Waals surface area (Å²) >= 11 is 0. The Labute approximate surface area is 221 Å². The van der Waals surface area contributed by atoms with Gasteiger partial charge in [0.25, 0.3) is 0 Å². The summed E-state index contributed by atoms with van der Waals surface area (Å²) in [6, 6.07) is 8.19. The number of piperazine rings is 1. The molecule has 1 saturated heterocycles. The number of rotatable bonds is 4. The highest BCUT2D eigenvalue weighted by molar-refractivity contribution is 5.80. The fraction of sp³-hybridized carbons (Fsp3) is 0.516. The van der Waals surface area contributed by atoms with E-state index in [2.05, 4.69) is 31.7 Å². The van der Waals surface area contributed by atoms with Crippen molar-refractivity contribution >= 4 is 16.9 Å². The van der Waals surface area contributed by atoms with Gasteiger partial charge in [-0.05, 0) is 49.3 Å². The summed E-state index contributed by atoms with van der Waals surface area (Å²) in [6.45, 7) is 20.9. The van der Waals surface area contributed by atoms with Gasteiger partial charge >= 0.3 is 0 Å². The van der Waals surface area contributed by atoms with E-state index in [-0.39, 0.29) is 13.3 Å². The Bertz CT molecular complexity index is 860. The summed E-state index contributed by atoms with van der Waals surface area (Å²) in [7, 11) is 0. The van der Waals surface area contributed by atoms with Crippen LogP contribution in [0.25, 0.3) is 11.0 Å². The number of carbonyl (C=O) groups excluding carboxylic acids is 1. The molecule has 0 radical (unpaired) electrons. The van der Waals surface area contributed by atoms with Gasteiger partial charge in [-0.25, -0.2) is 4.39 Å². The number of halogens is 1. The van der Waals surface area contributed by atoms with Gasteiger partial charge in [0, 0.05) is 44.2 Å². The largest absolute Gasteiger partial charge is 0.464 e. The van der Waals surface area contributed by atoms with Crippen molar-refractivity contribution in [1.82, 2.24) is 9.80 Å². The lowest BCUT2D eigenvalue weighted by molar-refractivity contribution is -0.130. The van der Waals surface area contributed by atoms with E-state index < -0.39 is 0 Å². The Hall–Kier alpha value is -2.82. The molecule has 1 aliphatic heterocycles. The number of furan rings is 1. The van der Waals surface area contributed by atoms with Crippen LogP contribution in [0.2, 0.25) is 0 Å². The van der Waals surface area contributed by atoms with Crippen molar-refractivity contribution in [1.29, 1.82) is 0 Å². The topological polar surface area (TPSA) is 36.7 Å². The number of benzene rings is 1. The number of nitrogens with zero attached hydrogens (tertiary/aromatic N) is 2. The normalized spacial score (nSPS) is 12.8. The maximum absolute atomic E-state index is 12.0. The van der Waals surface area contributed by atoms with Crippen LogP contribution in [0, 0.1) is 0 Å². The lowest BCUT2D eigenvalue weighted by Crippen LogP contribution is -2.47. The Morgan fingerprint density at radius 2 is 1.56 bits per heavy atom. The molecule has 0 aliphatic carbocycles. The summed E-state index contributed by atoms with van der Waals surface area (Å²) < 4.78 is 17.3. The lowest BCUT2D eigenvalue weighted by Gasteiger charge is -2.36. The fourth-order valence-corrected chi connectivity index (χ4v) is 3.22. The third-order valence-corrected chi connectivity index (χ3v) is 4.73. The molecule has 5 heteroatoms. The Morgan fingerprint density at radius 3 is 2.03 bits per heavy atom. The minimum Gasteiger partial charge on any atom is -0.464 e. The van der Waals surface area contributed by atoms with E-state index in [0.29, 0.717) is 6.33 Å². The molecule has 2 aromatic rings. The predicted octanol–water partition coefficient (Wildman–Crippen LogP) is 9.19. The average Bonchev–Trinajstić information content (AvgIpc) is 3.39.